The fourth-order valence-corrected chi connectivity index (χ4v) is 4.06. The Bertz CT molecular complexity index is 816. The third-order valence-electron chi connectivity index (χ3n) is 5.15. The lowest BCUT2D eigenvalue weighted by molar-refractivity contribution is 0.0915. The molecule has 144 valence electrons. The summed E-state index contributed by atoms with van der Waals surface area (Å²) >= 11 is 0.978. The van der Waals surface area contributed by atoms with Crippen LogP contribution >= 0.6 is 11.5 Å². The highest BCUT2D eigenvalue weighted by atomic mass is 32.1. The average Bonchev–Trinajstić information content (AvgIpc) is 3.04. The molecule has 0 spiro atoms. The van der Waals surface area contributed by atoms with E-state index in [0.29, 0.717) is 17.3 Å². The molecule has 0 aliphatic heterocycles. The Hall–Kier alpha value is -2.41. The van der Waals surface area contributed by atoms with Crippen LogP contribution in [0.1, 0.15) is 63.9 Å². The minimum absolute atomic E-state index is 0.119. The van der Waals surface area contributed by atoms with Gasteiger partial charge in [0.2, 0.25) is 0 Å². The maximum atomic E-state index is 12.6. The Balaban J connectivity index is 1.62. The van der Waals surface area contributed by atoms with Crippen LogP contribution in [0, 0.1) is 12.8 Å². The van der Waals surface area contributed by atoms with E-state index in [0.717, 1.165) is 41.9 Å². The monoisotopic (exact) mass is 386 g/mol. The Labute approximate surface area is 163 Å². The summed E-state index contributed by atoms with van der Waals surface area (Å²) < 4.78 is 4.12. The molecule has 1 heterocycles. The molecule has 3 rings (SSSR count). The van der Waals surface area contributed by atoms with Gasteiger partial charge in [0, 0.05) is 12.6 Å². The van der Waals surface area contributed by atoms with Gasteiger partial charge in [0.15, 0.2) is 5.69 Å². The first kappa shape index (κ1) is 19.4. The molecular weight excluding hydrogens is 360 g/mol. The first-order valence-electron chi connectivity index (χ1n) is 9.35. The van der Waals surface area contributed by atoms with Crippen molar-refractivity contribution in [1.29, 1.82) is 0 Å². The van der Waals surface area contributed by atoms with Gasteiger partial charge in [0.25, 0.3) is 11.8 Å². The van der Waals surface area contributed by atoms with Crippen molar-refractivity contribution in [3.05, 3.63) is 46.0 Å². The zero-order chi connectivity index (χ0) is 19.4. The van der Waals surface area contributed by atoms with E-state index < -0.39 is 0 Å². The van der Waals surface area contributed by atoms with Gasteiger partial charge in [0.1, 0.15) is 4.88 Å². The molecule has 7 heteroatoms. The Morgan fingerprint density at radius 1 is 1.19 bits per heavy atom. The van der Waals surface area contributed by atoms with Crippen molar-refractivity contribution >= 4 is 29.0 Å². The van der Waals surface area contributed by atoms with Crippen LogP contribution in [-0.2, 0) is 6.54 Å². The van der Waals surface area contributed by atoms with Gasteiger partial charge < -0.3 is 16.4 Å². The molecule has 1 aromatic heterocycles. The first-order chi connectivity index (χ1) is 13.0. The highest BCUT2D eigenvalue weighted by Gasteiger charge is 2.27. The Morgan fingerprint density at radius 3 is 2.59 bits per heavy atom. The molecule has 1 aliphatic carbocycles. The van der Waals surface area contributed by atoms with Crippen LogP contribution in [0.3, 0.4) is 0 Å². The van der Waals surface area contributed by atoms with Crippen molar-refractivity contribution in [2.24, 2.45) is 5.92 Å². The van der Waals surface area contributed by atoms with Crippen molar-refractivity contribution in [2.45, 2.75) is 52.1 Å². The zero-order valence-corrected chi connectivity index (χ0v) is 16.6. The minimum atomic E-state index is -0.366. The number of nitrogens with two attached hydrogens (primary N) is 1. The second-order valence-electron chi connectivity index (χ2n) is 7.28. The molecule has 0 unspecified atom stereocenters. The molecule has 2 aromatic rings. The summed E-state index contributed by atoms with van der Waals surface area (Å²) in [6.45, 7) is 4.56. The topological polar surface area (TPSA) is 97.1 Å². The van der Waals surface area contributed by atoms with E-state index in [1.165, 1.54) is 6.42 Å². The molecular formula is C20H26N4O2S. The second kappa shape index (κ2) is 8.52. The van der Waals surface area contributed by atoms with Gasteiger partial charge in [-0.3, -0.25) is 9.59 Å². The minimum Gasteiger partial charge on any atom is -0.395 e. The van der Waals surface area contributed by atoms with Crippen molar-refractivity contribution in [2.75, 3.05) is 5.73 Å². The number of nitrogens with one attached hydrogen (secondary N) is 2. The molecule has 1 aromatic carbocycles. The van der Waals surface area contributed by atoms with Crippen LogP contribution in [-0.4, -0.2) is 22.2 Å². The average molecular weight is 387 g/mol. The van der Waals surface area contributed by atoms with Crippen LogP contribution < -0.4 is 16.4 Å². The lowest BCUT2D eigenvalue weighted by atomic mass is 9.86. The van der Waals surface area contributed by atoms with E-state index >= 15 is 0 Å². The third kappa shape index (κ3) is 4.66. The molecule has 1 aliphatic rings. The molecule has 0 saturated heterocycles. The van der Waals surface area contributed by atoms with Crippen molar-refractivity contribution in [1.82, 2.24) is 15.0 Å². The number of rotatable bonds is 5. The number of hydrogen-bond donors (Lipinski definition) is 3. The van der Waals surface area contributed by atoms with E-state index in [2.05, 4.69) is 21.9 Å². The second-order valence-corrected chi connectivity index (χ2v) is 8.06. The summed E-state index contributed by atoms with van der Waals surface area (Å²) in [4.78, 5) is 25.3. The van der Waals surface area contributed by atoms with Crippen LogP contribution in [0.25, 0.3) is 0 Å². The van der Waals surface area contributed by atoms with Crippen LogP contribution in [0.2, 0.25) is 0 Å². The SMILES string of the molecule is Cc1ccc(CNC(=O)c2nsc(C(=O)N[C@@H]3CCCC[C@@H]3C)c2N)cc1. The Kier molecular flexibility index (Phi) is 6.11. The Morgan fingerprint density at radius 2 is 1.89 bits per heavy atom. The smallest absolute Gasteiger partial charge is 0.273 e. The van der Waals surface area contributed by atoms with Gasteiger partial charge in [-0.25, -0.2) is 0 Å². The number of amides is 2. The maximum Gasteiger partial charge on any atom is 0.273 e. The number of hydrogen-bond acceptors (Lipinski definition) is 5. The van der Waals surface area contributed by atoms with Gasteiger partial charge in [-0.1, -0.05) is 49.6 Å². The molecule has 27 heavy (non-hydrogen) atoms. The molecule has 1 fully saturated rings. The molecule has 4 N–H and O–H groups in total. The lowest BCUT2D eigenvalue weighted by Crippen LogP contribution is -2.41. The summed E-state index contributed by atoms with van der Waals surface area (Å²) in [6, 6.07) is 8.07. The van der Waals surface area contributed by atoms with Gasteiger partial charge >= 0.3 is 0 Å². The molecule has 0 bridgehead atoms. The molecule has 1 saturated carbocycles. The summed E-state index contributed by atoms with van der Waals surface area (Å²) in [7, 11) is 0. The van der Waals surface area contributed by atoms with E-state index in [4.69, 9.17) is 5.73 Å². The molecule has 2 amide bonds. The number of nitrogens with zero attached hydrogens (tertiary/aromatic N) is 1. The third-order valence-corrected chi connectivity index (χ3v) is 6.01. The summed E-state index contributed by atoms with van der Waals surface area (Å²) in [5.41, 5.74) is 8.49. The number of nitrogen functional groups attached to an aromatic ring is 1. The summed E-state index contributed by atoms with van der Waals surface area (Å²) in [5.74, 6) is -0.148. The molecule has 2 atom stereocenters. The van der Waals surface area contributed by atoms with Crippen LogP contribution in [0.15, 0.2) is 24.3 Å². The molecule has 0 radical (unpaired) electrons. The zero-order valence-electron chi connectivity index (χ0n) is 15.7. The van der Waals surface area contributed by atoms with Crippen LogP contribution in [0.4, 0.5) is 5.69 Å². The van der Waals surface area contributed by atoms with Gasteiger partial charge in [-0.15, -0.1) is 0 Å². The quantitative estimate of drug-likeness (QED) is 0.735. The fourth-order valence-electron chi connectivity index (χ4n) is 3.36. The van der Waals surface area contributed by atoms with Gasteiger partial charge in [-0.2, -0.15) is 4.37 Å². The van der Waals surface area contributed by atoms with Crippen molar-refractivity contribution in [3.8, 4) is 0 Å². The van der Waals surface area contributed by atoms with Gasteiger partial charge in [0.05, 0.1) is 5.69 Å². The van der Waals surface area contributed by atoms with Gasteiger partial charge in [-0.05, 0) is 42.8 Å². The van der Waals surface area contributed by atoms with E-state index in [1.807, 2.05) is 31.2 Å². The predicted octanol–water partition coefficient (Wildman–Crippen LogP) is 3.27. The van der Waals surface area contributed by atoms with Crippen molar-refractivity contribution in [3.63, 3.8) is 0 Å². The summed E-state index contributed by atoms with van der Waals surface area (Å²) in [5, 5.41) is 5.87. The normalized spacial score (nSPS) is 19.5. The standard InChI is InChI=1S/C20H26N4O2S/c1-12-7-9-14(10-8-12)11-22-19(25)17-16(21)18(27-24-17)20(26)23-15-6-4-3-5-13(15)2/h7-10,13,15H,3-6,11,21H2,1-2H3,(H,22,25)(H,23,26)/t13-,15+/m0/s1. The number of aryl methyl sites for hydroxylation is 1. The van der Waals surface area contributed by atoms with E-state index in [1.54, 1.807) is 0 Å². The predicted molar refractivity (Wildman–Crippen MR) is 108 cm³/mol. The summed E-state index contributed by atoms with van der Waals surface area (Å²) in [6.07, 6.45) is 4.44. The number of benzene rings is 1. The number of carbonyl (C=O) groups is 2. The number of carbonyl (C=O) groups excluding carboxylic acids is 2. The maximum absolute atomic E-state index is 12.6. The molecule has 6 nitrogen and oxygen atoms in total. The number of anilines is 1. The van der Waals surface area contributed by atoms with E-state index in [9.17, 15) is 9.59 Å². The lowest BCUT2D eigenvalue weighted by Gasteiger charge is -2.29. The highest BCUT2D eigenvalue weighted by Crippen LogP contribution is 2.26. The largest absolute Gasteiger partial charge is 0.395 e. The highest BCUT2D eigenvalue weighted by molar-refractivity contribution is 7.09. The van der Waals surface area contributed by atoms with Crippen LogP contribution in [0.5, 0.6) is 0 Å². The fraction of sp³-hybridized carbons (Fsp3) is 0.450. The van der Waals surface area contributed by atoms with E-state index in [-0.39, 0.29) is 29.2 Å². The number of aromatic nitrogens is 1. The first-order valence-corrected chi connectivity index (χ1v) is 10.1. The van der Waals surface area contributed by atoms with Crippen molar-refractivity contribution < 1.29 is 9.59 Å².